The molecule has 2 heteroatoms. The van der Waals surface area contributed by atoms with Crippen molar-refractivity contribution in [1.82, 2.24) is 0 Å². The maximum Gasteiger partial charge on any atom is 0.0271 e. The van der Waals surface area contributed by atoms with E-state index < -0.39 is 0 Å². The van der Waals surface area contributed by atoms with Crippen LogP contribution >= 0.6 is 0 Å². The van der Waals surface area contributed by atoms with Crippen LogP contribution in [-0.2, 0) is 6.42 Å². The first kappa shape index (κ1) is 21.7. The smallest absolute Gasteiger partial charge is 0.0271 e. The highest BCUT2D eigenvalue weighted by molar-refractivity contribution is 5.46. The van der Waals surface area contributed by atoms with Gasteiger partial charge in [-0.3, -0.25) is 0 Å². The van der Waals surface area contributed by atoms with Crippen molar-refractivity contribution in [2.24, 2.45) is 11.5 Å². The highest BCUT2D eigenvalue weighted by Crippen LogP contribution is 2.32. The van der Waals surface area contributed by atoms with E-state index in [0.29, 0.717) is 11.8 Å². The van der Waals surface area contributed by atoms with Crippen LogP contribution in [0.5, 0.6) is 0 Å². The molecule has 0 bridgehead atoms. The molecule has 0 aliphatic heterocycles. The lowest BCUT2D eigenvalue weighted by atomic mass is 9.85. The molecule has 2 aromatic carbocycles. The zero-order valence-corrected chi connectivity index (χ0v) is 18.5. The monoisotopic (exact) mass is 366 g/mol. The number of benzene rings is 2. The first-order valence-electron chi connectivity index (χ1n) is 10.3. The van der Waals surface area contributed by atoms with Gasteiger partial charge in [-0.2, -0.15) is 0 Å². The van der Waals surface area contributed by atoms with Gasteiger partial charge in [0.25, 0.3) is 0 Å². The Kier molecular flexibility index (Phi) is 6.88. The lowest BCUT2D eigenvalue weighted by Crippen LogP contribution is -2.13. The van der Waals surface area contributed by atoms with Crippen molar-refractivity contribution in [3.05, 3.63) is 68.8 Å². The van der Waals surface area contributed by atoms with Crippen LogP contribution in [-0.4, -0.2) is 0 Å². The molecule has 0 aliphatic rings. The molecule has 2 rings (SSSR count). The van der Waals surface area contributed by atoms with Gasteiger partial charge in [0, 0.05) is 12.1 Å². The highest BCUT2D eigenvalue weighted by Gasteiger charge is 2.17. The summed E-state index contributed by atoms with van der Waals surface area (Å²) in [5.41, 5.74) is 23.2. The fourth-order valence-corrected chi connectivity index (χ4v) is 4.44. The molecule has 2 atom stereocenters. The molecule has 0 spiro atoms. The number of hydrogen-bond acceptors (Lipinski definition) is 2. The van der Waals surface area contributed by atoms with Gasteiger partial charge < -0.3 is 11.5 Å². The van der Waals surface area contributed by atoms with Crippen molar-refractivity contribution in [2.45, 2.75) is 85.7 Å². The van der Waals surface area contributed by atoms with E-state index in [0.717, 1.165) is 6.42 Å². The summed E-state index contributed by atoms with van der Waals surface area (Å²) >= 11 is 0. The Hall–Kier alpha value is -1.64. The van der Waals surface area contributed by atoms with Crippen LogP contribution in [0.1, 0.15) is 110 Å². The molecule has 0 saturated carbocycles. The summed E-state index contributed by atoms with van der Waals surface area (Å²) < 4.78 is 0. The Morgan fingerprint density at radius 1 is 0.630 bits per heavy atom. The van der Waals surface area contributed by atoms with Crippen molar-refractivity contribution in [1.29, 1.82) is 0 Å². The van der Waals surface area contributed by atoms with Crippen molar-refractivity contribution in [3.8, 4) is 0 Å². The van der Waals surface area contributed by atoms with E-state index in [-0.39, 0.29) is 12.1 Å². The molecular formula is C25H38N2. The Bertz CT molecular complexity index is 731. The van der Waals surface area contributed by atoms with Crippen molar-refractivity contribution in [2.75, 3.05) is 0 Å². The summed E-state index contributed by atoms with van der Waals surface area (Å²) in [7, 11) is 0. The van der Waals surface area contributed by atoms with Crippen LogP contribution in [0.3, 0.4) is 0 Å². The summed E-state index contributed by atoms with van der Waals surface area (Å²) in [4.78, 5) is 0. The van der Waals surface area contributed by atoms with Gasteiger partial charge in [0.1, 0.15) is 0 Å². The fraction of sp³-hybridized carbons (Fsp3) is 0.520. The number of aryl methyl sites for hydroxylation is 2. The largest absolute Gasteiger partial charge is 0.324 e. The van der Waals surface area contributed by atoms with E-state index in [9.17, 15) is 0 Å². The average molecular weight is 367 g/mol. The van der Waals surface area contributed by atoms with Crippen LogP contribution in [0.15, 0.2) is 24.3 Å². The van der Waals surface area contributed by atoms with E-state index in [1.54, 1.807) is 0 Å². The summed E-state index contributed by atoms with van der Waals surface area (Å²) in [6, 6.07) is 9.48. The minimum absolute atomic E-state index is 0.0663. The second-order valence-corrected chi connectivity index (χ2v) is 8.89. The third-order valence-corrected chi connectivity index (χ3v) is 5.52. The quantitative estimate of drug-likeness (QED) is 0.641. The second-order valence-electron chi connectivity index (χ2n) is 8.89. The van der Waals surface area contributed by atoms with Crippen molar-refractivity contribution >= 4 is 0 Å². The zero-order chi connectivity index (χ0) is 20.5. The molecule has 0 heterocycles. The van der Waals surface area contributed by atoms with E-state index >= 15 is 0 Å². The van der Waals surface area contributed by atoms with Crippen molar-refractivity contribution < 1.29 is 0 Å². The Labute approximate surface area is 166 Å². The fourth-order valence-electron chi connectivity index (χ4n) is 4.44. The lowest BCUT2D eigenvalue weighted by molar-refractivity contribution is 0.753. The van der Waals surface area contributed by atoms with Gasteiger partial charge in [0.15, 0.2) is 0 Å². The summed E-state index contributed by atoms with van der Waals surface area (Å²) in [5.74, 6) is 0.941. The van der Waals surface area contributed by atoms with E-state index in [2.05, 4.69) is 79.7 Å². The Morgan fingerprint density at radius 3 is 1.22 bits per heavy atom. The normalized spacial score (nSPS) is 14.1. The summed E-state index contributed by atoms with van der Waals surface area (Å²) in [6.45, 7) is 17.6. The molecular weight excluding hydrogens is 328 g/mol. The molecule has 148 valence electrons. The SMILES string of the molecule is Cc1cc(Cc2cc(C)c([C@@H](C)N)c(C(C)C)c2)cc(C(C)C)c1[C@H](C)N. The van der Waals surface area contributed by atoms with E-state index in [1.165, 1.54) is 44.5 Å². The molecule has 0 unspecified atom stereocenters. The van der Waals surface area contributed by atoms with Gasteiger partial charge in [-0.15, -0.1) is 0 Å². The van der Waals surface area contributed by atoms with Crippen LogP contribution in [0.2, 0.25) is 0 Å². The van der Waals surface area contributed by atoms with Gasteiger partial charge in [0.2, 0.25) is 0 Å². The first-order valence-corrected chi connectivity index (χ1v) is 10.3. The highest BCUT2D eigenvalue weighted by atomic mass is 14.6. The standard InChI is InChI=1S/C25H38N2/c1-14(2)22-12-20(9-16(5)24(22)18(7)26)11-21-10-17(6)25(19(8)27)23(13-21)15(3)4/h9-10,12-15,18-19H,11,26-27H2,1-8H3/t18-,19+. The predicted octanol–water partition coefficient (Wildman–Crippen LogP) is 6.18. The molecule has 2 aromatic rings. The molecule has 27 heavy (non-hydrogen) atoms. The molecule has 0 aromatic heterocycles. The van der Waals surface area contributed by atoms with Gasteiger partial charge in [-0.1, -0.05) is 52.0 Å². The van der Waals surface area contributed by atoms with Crippen molar-refractivity contribution in [3.63, 3.8) is 0 Å². The number of rotatable bonds is 6. The van der Waals surface area contributed by atoms with Crippen LogP contribution in [0.4, 0.5) is 0 Å². The minimum Gasteiger partial charge on any atom is -0.324 e. The minimum atomic E-state index is 0.0663. The lowest BCUT2D eigenvalue weighted by Gasteiger charge is -2.22. The predicted molar refractivity (Wildman–Crippen MR) is 119 cm³/mol. The second kappa shape index (κ2) is 8.58. The summed E-state index contributed by atoms with van der Waals surface area (Å²) in [6.07, 6.45) is 0.944. The molecule has 0 radical (unpaired) electrons. The molecule has 0 saturated heterocycles. The van der Waals surface area contributed by atoms with Crippen LogP contribution in [0, 0.1) is 13.8 Å². The zero-order valence-electron chi connectivity index (χ0n) is 18.5. The first-order chi connectivity index (χ1) is 12.5. The van der Waals surface area contributed by atoms with Crippen LogP contribution < -0.4 is 11.5 Å². The maximum atomic E-state index is 6.26. The Balaban J connectivity index is 2.51. The Morgan fingerprint density at radius 2 is 0.963 bits per heavy atom. The van der Waals surface area contributed by atoms with E-state index in [4.69, 9.17) is 11.5 Å². The molecule has 0 amide bonds. The molecule has 4 N–H and O–H groups in total. The van der Waals surface area contributed by atoms with Gasteiger partial charge in [0.05, 0.1) is 0 Å². The van der Waals surface area contributed by atoms with E-state index in [1.807, 2.05) is 0 Å². The molecule has 0 fully saturated rings. The van der Waals surface area contributed by atoms with Gasteiger partial charge in [-0.05, 0) is 90.5 Å². The van der Waals surface area contributed by atoms with Gasteiger partial charge in [-0.25, -0.2) is 0 Å². The number of nitrogens with two attached hydrogens (primary N) is 2. The molecule has 0 aliphatic carbocycles. The topological polar surface area (TPSA) is 52.0 Å². The average Bonchev–Trinajstić information content (AvgIpc) is 2.52. The van der Waals surface area contributed by atoms with Gasteiger partial charge >= 0.3 is 0 Å². The maximum absolute atomic E-state index is 6.26. The third-order valence-electron chi connectivity index (χ3n) is 5.52. The summed E-state index contributed by atoms with van der Waals surface area (Å²) in [5, 5.41) is 0. The van der Waals surface area contributed by atoms with Crippen LogP contribution in [0.25, 0.3) is 0 Å². The third kappa shape index (κ3) is 4.80. The molecule has 2 nitrogen and oxygen atoms in total. The number of hydrogen-bond donors (Lipinski definition) is 2.